The minimum absolute atomic E-state index is 0.331. The molecule has 0 aliphatic carbocycles. The first kappa shape index (κ1) is 15.7. The summed E-state index contributed by atoms with van der Waals surface area (Å²) in [6.07, 6.45) is 2.72. The van der Waals surface area contributed by atoms with Crippen LogP contribution >= 0.6 is 27.3 Å². The quantitative estimate of drug-likeness (QED) is 0.714. The van der Waals surface area contributed by atoms with Gasteiger partial charge < -0.3 is 4.57 Å². The fourth-order valence-electron chi connectivity index (χ4n) is 2.46. The number of thiophene rings is 1. The average Bonchev–Trinajstić information content (AvgIpc) is 3.05. The number of hydrogen-bond acceptors (Lipinski definition) is 3. The molecule has 0 aliphatic heterocycles. The van der Waals surface area contributed by atoms with Crippen molar-refractivity contribution in [3.05, 3.63) is 51.9 Å². The van der Waals surface area contributed by atoms with E-state index in [1.165, 1.54) is 16.7 Å². The van der Waals surface area contributed by atoms with Gasteiger partial charge in [0.1, 0.15) is 4.21 Å². The molecular weight excluding hydrogens is 384 g/mol. The van der Waals surface area contributed by atoms with Crippen LogP contribution in [0, 0.1) is 0 Å². The standard InChI is InChI=1S/C15H15BrN2O2S2/c1-18-10-11(12-4-2-3-5-13(12)18)8-9-17-22(19,20)15-7-6-14(16)21-15/h2-7,10,17H,8-9H2,1H3. The number of halogens is 1. The molecule has 0 unspecified atom stereocenters. The van der Waals surface area contributed by atoms with Crippen LogP contribution in [-0.4, -0.2) is 19.5 Å². The van der Waals surface area contributed by atoms with Crippen molar-refractivity contribution < 1.29 is 8.42 Å². The number of para-hydroxylation sites is 1. The van der Waals surface area contributed by atoms with E-state index in [1.807, 2.05) is 19.2 Å². The molecule has 3 rings (SSSR count). The zero-order valence-electron chi connectivity index (χ0n) is 11.9. The second-order valence-electron chi connectivity index (χ2n) is 4.99. The molecule has 1 N–H and O–H groups in total. The van der Waals surface area contributed by atoms with E-state index in [9.17, 15) is 8.42 Å². The lowest BCUT2D eigenvalue weighted by atomic mass is 10.1. The molecule has 116 valence electrons. The van der Waals surface area contributed by atoms with Gasteiger partial charge in [0, 0.05) is 30.7 Å². The maximum Gasteiger partial charge on any atom is 0.250 e. The molecule has 0 fully saturated rings. The molecule has 0 spiro atoms. The van der Waals surface area contributed by atoms with Gasteiger partial charge in [0.15, 0.2) is 0 Å². The van der Waals surface area contributed by atoms with Gasteiger partial charge in [-0.1, -0.05) is 18.2 Å². The minimum atomic E-state index is -3.42. The Morgan fingerprint density at radius 3 is 2.73 bits per heavy atom. The predicted molar refractivity (Wildman–Crippen MR) is 93.8 cm³/mol. The van der Waals surface area contributed by atoms with E-state index in [-0.39, 0.29) is 0 Å². The van der Waals surface area contributed by atoms with E-state index in [0.29, 0.717) is 17.2 Å². The zero-order chi connectivity index (χ0) is 15.7. The maximum absolute atomic E-state index is 12.2. The summed E-state index contributed by atoms with van der Waals surface area (Å²) in [6, 6.07) is 11.5. The number of fused-ring (bicyclic) bond motifs is 1. The zero-order valence-corrected chi connectivity index (χ0v) is 15.1. The van der Waals surface area contributed by atoms with Gasteiger partial charge in [0.25, 0.3) is 0 Å². The maximum atomic E-state index is 12.2. The normalized spacial score (nSPS) is 12.1. The molecule has 0 radical (unpaired) electrons. The van der Waals surface area contributed by atoms with Crippen LogP contribution in [0.3, 0.4) is 0 Å². The van der Waals surface area contributed by atoms with E-state index in [1.54, 1.807) is 12.1 Å². The first-order chi connectivity index (χ1) is 10.5. The van der Waals surface area contributed by atoms with Gasteiger partial charge in [-0.25, -0.2) is 13.1 Å². The number of sulfonamides is 1. The third-order valence-corrected chi connectivity index (χ3v) is 7.06. The summed E-state index contributed by atoms with van der Waals surface area (Å²) in [5.74, 6) is 0. The van der Waals surface area contributed by atoms with Crippen LogP contribution < -0.4 is 4.72 Å². The fraction of sp³-hybridized carbons (Fsp3) is 0.200. The van der Waals surface area contributed by atoms with E-state index < -0.39 is 10.0 Å². The first-order valence-corrected chi connectivity index (χ1v) is 9.84. The Morgan fingerprint density at radius 1 is 1.23 bits per heavy atom. The number of aromatic nitrogens is 1. The van der Waals surface area contributed by atoms with Gasteiger partial charge >= 0.3 is 0 Å². The fourth-order valence-corrected chi connectivity index (χ4v) is 5.54. The molecule has 0 atom stereocenters. The van der Waals surface area contributed by atoms with Gasteiger partial charge in [-0.15, -0.1) is 11.3 Å². The number of rotatable bonds is 5. The Bertz CT molecular complexity index is 913. The monoisotopic (exact) mass is 398 g/mol. The van der Waals surface area contributed by atoms with Crippen LogP contribution in [0.15, 0.2) is 50.6 Å². The smallest absolute Gasteiger partial charge is 0.250 e. The molecule has 2 heterocycles. The van der Waals surface area contributed by atoms with Crippen molar-refractivity contribution in [3.8, 4) is 0 Å². The van der Waals surface area contributed by atoms with Crippen LogP contribution in [0.1, 0.15) is 5.56 Å². The minimum Gasteiger partial charge on any atom is -0.350 e. The number of benzene rings is 1. The lowest BCUT2D eigenvalue weighted by Crippen LogP contribution is -2.25. The van der Waals surface area contributed by atoms with E-state index in [4.69, 9.17) is 0 Å². The van der Waals surface area contributed by atoms with Crippen molar-refractivity contribution in [2.75, 3.05) is 6.54 Å². The Hall–Kier alpha value is -1.15. The van der Waals surface area contributed by atoms with Gasteiger partial charge in [0.05, 0.1) is 3.79 Å². The molecule has 0 aliphatic rings. The van der Waals surface area contributed by atoms with Crippen LogP contribution in [0.5, 0.6) is 0 Å². The van der Waals surface area contributed by atoms with Gasteiger partial charge in [-0.05, 0) is 46.1 Å². The highest BCUT2D eigenvalue weighted by Crippen LogP contribution is 2.26. The number of aryl methyl sites for hydroxylation is 1. The van der Waals surface area contributed by atoms with Crippen molar-refractivity contribution in [1.29, 1.82) is 0 Å². The van der Waals surface area contributed by atoms with Gasteiger partial charge in [0.2, 0.25) is 10.0 Å². The number of hydrogen-bond donors (Lipinski definition) is 1. The summed E-state index contributed by atoms with van der Waals surface area (Å²) in [6.45, 7) is 0.381. The summed E-state index contributed by atoms with van der Waals surface area (Å²) in [5, 5.41) is 1.17. The summed E-state index contributed by atoms with van der Waals surface area (Å²) in [4.78, 5) is 0. The van der Waals surface area contributed by atoms with Crippen molar-refractivity contribution in [2.24, 2.45) is 7.05 Å². The predicted octanol–water partition coefficient (Wildman–Crippen LogP) is 3.52. The van der Waals surface area contributed by atoms with E-state index in [2.05, 4.69) is 43.5 Å². The summed E-state index contributed by atoms with van der Waals surface area (Å²) in [5.41, 5.74) is 2.30. The van der Waals surface area contributed by atoms with Crippen LogP contribution in [-0.2, 0) is 23.5 Å². The van der Waals surface area contributed by atoms with Gasteiger partial charge in [-0.3, -0.25) is 0 Å². The third-order valence-electron chi connectivity index (χ3n) is 3.48. The number of nitrogens with one attached hydrogen (secondary N) is 1. The SMILES string of the molecule is Cn1cc(CCNS(=O)(=O)c2ccc(Br)s2)c2ccccc21. The average molecular weight is 399 g/mol. The Morgan fingerprint density at radius 2 is 2.00 bits per heavy atom. The molecule has 4 nitrogen and oxygen atoms in total. The molecule has 1 aromatic carbocycles. The Kier molecular flexibility index (Phi) is 4.40. The summed E-state index contributed by atoms with van der Waals surface area (Å²) in [7, 11) is -1.43. The molecule has 7 heteroatoms. The van der Waals surface area contributed by atoms with E-state index in [0.717, 1.165) is 14.9 Å². The molecule has 0 amide bonds. The Balaban J connectivity index is 1.72. The molecule has 0 saturated carbocycles. The van der Waals surface area contributed by atoms with Crippen molar-refractivity contribution >= 4 is 48.2 Å². The molecular formula is C15H15BrN2O2S2. The van der Waals surface area contributed by atoms with Crippen LogP contribution in [0.2, 0.25) is 0 Å². The first-order valence-electron chi connectivity index (χ1n) is 6.75. The lowest BCUT2D eigenvalue weighted by Gasteiger charge is -2.04. The second kappa shape index (κ2) is 6.16. The lowest BCUT2D eigenvalue weighted by molar-refractivity contribution is 0.584. The van der Waals surface area contributed by atoms with Gasteiger partial charge in [-0.2, -0.15) is 0 Å². The number of nitrogens with zero attached hydrogens (tertiary/aromatic N) is 1. The van der Waals surface area contributed by atoms with Crippen molar-refractivity contribution in [3.63, 3.8) is 0 Å². The van der Waals surface area contributed by atoms with Crippen LogP contribution in [0.25, 0.3) is 10.9 Å². The molecule has 22 heavy (non-hydrogen) atoms. The highest BCUT2D eigenvalue weighted by molar-refractivity contribution is 9.11. The van der Waals surface area contributed by atoms with Crippen LogP contribution in [0.4, 0.5) is 0 Å². The second-order valence-corrected chi connectivity index (χ2v) is 9.45. The summed E-state index contributed by atoms with van der Waals surface area (Å²) >= 11 is 4.49. The largest absolute Gasteiger partial charge is 0.350 e. The highest BCUT2D eigenvalue weighted by Gasteiger charge is 2.16. The van der Waals surface area contributed by atoms with Crippen molar-refractivity contribution in [2.45, 2.75) is 10.6 Å². The third kappa shape index (κ3) is 3.12. The molecule has 0 saturated heterocycles. The molecule has 0 bridgehead atoms. The molecule has 3 aromatic rings. The highest BCUT2D eigenvalue weighted by atomic mass is 79.9. The Labute approximate surface area is 142 Å². The molecule has 2 aromatic heterocycles. The summed E-state index contributed by atoms with van der Waals surface area (Å²) < 4.78 is 30.2. The van der Waals surface area contributed by atoms with Crippen molar-refractivity contribution in [1.82, 2.24) is 9.29 Å². The van der Waals surface area contributed by atoms with E-state index >= 15 is 0 Å². The topological polar surface area (TPSA) is 51.1 Å².